The first-order valence-electron chi connectivity index (χ1n) is 2.72. The zero-order valence-corrected chi connectivity index (χ0v) is 10.1. The molecule has 0 bridgehead atoms. The Labute approximate surface area is 103 Å². The van der Waals surface area contributed by atoms with Crippen LogP contribution in [0.1, 0.15) is 20.8 Å². The monoisotopic (exact) mass is 285 g/mol. The first-order chi connectivity index (χ1) is 5.20. The van der Waals surface area contributed by atoms with Crippen molar-refractivity contribution in [1.82, 2.24) is 0 Å². The van der Waals surface area contributed by atoms with Gasteiger partial charge in [-0.15, -0.1) is 0 Å². The average molecular weight is 285 g/mol. The van der Waals surface area contributed by atoms with E-state index in [4.69, 9.17) is 29.7 Å². The maximum atomic E-state index is 8.89. The zero-order chi connectivity index (χ0) is 10.7. The average Bonchev–Trinajstić information content (AvgIpc) is 1.54. The summed E-state index contributed by atoms with van der Waals surface area (Å²) in [5.74, 6) is -3.25. The molecule has 0 fully saturated rings. The van der Waals surface area contributed by atoms with E-state index in [0.717, 1.165) is 20.8 Å². The minimum atomic E-state index is -1.08. The maximum Gasteiger partial charge on any atom is 2.00 e. The summed E-state index contributed by atoms with van der Waals surface area (Å²) in [5, 5.41) is 26.7. The van der Waals surface area contributed by atoms with Crippen molar-refractivity contribution in [3.8, 4) is 0 Å². The van der Waals surface area contributed by atoms with Crippen molar-refractivity contribution < 1.29 is 64.1 Å². The minimum absolute atomic E-state index is 0. The molecule has 0 unspecified atom stereocenters. The Balaban J connectivity index is -0.0000000270. The molecule has 0 saturated heterocycles. The SMILES string of the molecule is CC(=O)[O-].CC(=O)[O-].CC(=O)[O-].[Cr+2].[Fe+]. The van der Waals surface area contributed by atoms with E-state index in [-0.39, 0.29) is 34.4 Å². The van der Waals surface area contributed by atoms with Gasteiger partial charge in [-0.05, 0) is 20.8 Å². The van der Waals surface area contributed by atoms with E-state index >= 15 is 0 Å². The second-order valence-corrected chi connectivity index (χ2v) is 1.47. The van der Waals surface area contributed by atoms with Crippen LogP contribution in [-0.4, -0.2) is 17.9 Å². The van der Waals surface area contributed by atoms with Crippen molar-refractivity contribution in [1.29, 1.82) is 0 Å². The molecule has 0 aromatic rings. The van der Waals surface area contributed by atoms with Gasteiger partial charge in [0.1, 0.15) is 0 Å². The van der Waals surface area contributed by atoms with E-state index in [1.54, 1.807) is 0 Å². The molecule has 0 rings (SSSR count). The first-order valence-corrected chi connectivity index (χ1v) is 2.72. The number of hydrogen-bond acceptors (Lipinski definition) is 6. The molecule has 0 aliphatic heterocycles. The third-order valence-electron chi connectivity index (χ3n) is 0. The number of aliphatic carboxylic acids is 3. The van der Waals surface area contributed by atoms with Crippen LogP contribution < -0.4 is 15.3 Å². The van der Waals surface area contributed by atoms with E-state index in [2.05, 4.69) is 0 Å². The molecular weight excluding hydrogens is 276 g/mol. The van der Waals surface area contributed by atoms with Gasteiger partial charge in [-0.3, -0.25) is 0 Å². The Morgan fingerprint density at radius 1 is 0.714 bits per heavy atom. The molecule has 83 valence electrons. The van der Waals surface area contributed by atoms with Gasteiger partial charge >= 0.3 is 34.4 Å². The third-order valence-corrected chi connectivity index (χ3v) is 0. The van der Waals surface area contributed by atoms with E-state index in [0.29, 0.717) is 0 Å². The van der Waals surface area contributed by atoms with Gasteiger partial charge < -0.3 is 29.7 Å². The van der Waals surface area contributed by atoms with Gasteiger partial charge in [0, 0.05) is 17.9 Å². The van der Waals surface area contributed by atoms with Crippen molar-refractivity contribution >= 4 is 17.9 Å². The molecule has 0 aliphatic carbocycles. The third kappa shape index (κ3) is 4330. The Morgan fingerprint density at radius 3 is 0.714 bits per heavy atom. The van der Waals surface area contributed by atoms with Crippen molar-refractivity contribution in [2.45, 2.75) is 20.8 Å². The summed E-state index contributed by atoms with van der Waals surface area (Å²) in [6, 6.07) is 0. The van der Waals surface area contributed by atoms with Crippen LogP contribution in [0.4, 0.5) is 0 Å². The first kappa shape index (κ1) is 29.2. The van der Waals surface area contributed by atoms with Gasteiger partial charge in [0.15, 0.2) is 0 Å². The number of carboxylic acids is 3. The summed E-state index contributed by atoms with van der Waals surface area (Å²) >= 11 is 0. The molecule has 0 amide bonds. The summed E-state index contributed by atoms with van der Waals surface area (Å²) in [7, 11) is 0. The van der Waals surface area contributed by atoms with E-state index in [1.807, 2.05) is 0 Å². The molecule has 1 radical (unpaired) electrons. The van der Waals surface area contributed by atoms with Crippen LogP contribution in [0.15, 0.2) is 0 Å². The second kappa shape index (κ2) is 22.9. The van der Waals surface area contributed by atoms with Gasteiger partial charge in [0.2, 0.25) is 0 Å². The van der Waals surface area contributed by atoms with Crippen LogP contribution >= 0.6 is 0 Å². The maximum absolute atomic E-state index is 8.89. The molecule has 0 aromatic heterocycles. The summed E-state index contributed by atoms with van der Waals surface area (Å²) < 4.78 is 0. The molecule has 0 N–H and O–H groups in total. The normalized spacial score (nSPS) is 5.36. The van der Waals surface area contributed by atoms with Crippen LogP contribution in [0.5, 0.6) is 0 Å². The van der Waals surface area contributed by atoms with Gasteiger partial charge in [0.05, 0.1) is 0 Å². The molecule has 8 heteroatoms. The van der Waals surface area contributed by atoms with Crippen LogP contribution in [0, 0.1) is 0 Å². The largest absolute Gasteiger partial charge is 2.00 e. The number of carbonyl (C=O) groups excluding carboxylic acids is 3. The quantitative estimate of drug-likeness (QED) is 0.422. The van der Waals surface area contributed by atoms with Crippen LogP contribution in [0.2, 0.25) is 0 Å². The van der Waals surface area contributed by atoms with E-state index in [9.17, 15) is 0 Å². The Hall–Kier alpha value is -0.538. The summed E-state index contributed by atoms with van der Waals surface area (Å²) in [6.07, 6.45) is 0. The van der Waals surface area contributed by atoms with Crippen LogP contribution in [-0.2, 0) is 48.8 Å². The summed E-state index contributed by atoms with van der Waals surface area (Å²) in [4.78, 5) is 26.7. The Morgan fingerprint density at radius 2 is 0.714 bits per heavy atom. The van der Waals surface area contributed by atoms with Crippen LogP contribution in [0.25, 0.3) is 0 Å². The van der Waals surface area contributed by atoms with E-state index in [1.165, 1.54) is 0 Å². The van der Waals surface area contributed by atoms with Crippen molar-refractivity contribution in [2.75, 3.05) is 0 Å². The minimum Gasteiger partial charge on any atom is -0.550 e. The fraction of sp³-hybridized carbons (Fsp3) is 0.500. The molecule has 0 heterocycles. The number of carbonyl (C=O) groups is 3. The molecule has 0 atom stereocenters. The summed E-state index contributed by atoms with van der Waals surface area (Å²) in [6.45, 7) is 2.92. The molecule has 0 aliphatic rings. The molecule has 6 nitrogen and oxygen atoms in total. The predicted octanol–water partition coefficient (Wildman–Crippen LogP) is -3.74. The van der Waals surface area contributed by atoms with Gasteiger partial charge in [-0.2, -0.15) is 0 Å². The van der Waals surface area contributed by atoms with Gasteiger partial charge in [0.25, 0.3) is 0 Å². The van der Waals surface area contributed by atoms with E-state index < -0.39 is 17.9 Å². The molecule has 0 aromatic carbocycles. The van der Waals surface area contributed by atoms with Crippen molar-refractivity contribution in [2.24, 2.45) is 0 Å². The standard InChI is InChI=1S/3C2H4O2.Cr.Fe/c3*1-2(3)4;;/h3*1H3,(H,3,4);;/q;;;+2;+1/p-3. The number of hydrogen-bond donors (Lipinski definition) is 0. The summed E-state index contributed by atoms with van der Waals surface area (Å²) in [5.41, 5.74) is 0. The van der Waals surface area contributed by atoms with Crippen molar-refractivity contribution in [3.63, 3.8) is 0 Å². The topological polar surface area (TPSA) is 120 Å². The molecule has 14 heavy (non-hydrogen) atoms. The molecular formula is C6H9CrFeO6. The Bertz CT molecular complexity index is 120. The fourth-order valence-electron chi connectivity index (χ4n) is 0. The number of rotatable bonds is 0. The van der Waals surface area contributed by atoms with Gasteiger partial charge in [-0.25, -0.2) is 0 Å². The smallest absolute Gasteiger partial charge is 0.550 e. The van der Waals surface area contributed by atoms with Crippen LogP contribution in [0.3, 0.4) is 0 Å². The fourth-order valence-corrected chi connectivity index (χ4v) is 0. The molecule has 0 saturated carbocycles. The second-order valence-electron chi connectivity index (χ2n) is 1.47. The zero-order valence-electron chi connectivity index (χ0n) is 7.71. The number of carboxylic acid groups (broad SMARTS) is 3. The predicted molar refractivity (Wildman–Crippen MR) is 32.0 cm³/mol. The molecule has 0 spiro atoms. The Kier molecular flexibility index (Phi) is 47.7. The van der Waals surface area contributed by atoms with Crippen molar-refractivity contribution in [3.05, 3.63) is 0 Å². The van der Waals surface area contributed by atoms with Gasteiger partial charge in [-0.1, -0.05) is 0 Å².